The zero-order valence-corrected chi connectivity index (χ0v) is 9.51. The smallest absolute Gasteiger partial charge is 0.310 e. The second-order valence-corrected chi connectivity index (χ2v) is 3.41. The van der Waals surface area contributed by atoms with E-state index in [0.29, 0.717) is 0 Å². The maximum Gasteiger partial charge on any atom is 0.324 e. The van der Waals surface area contributed by atoms with Crippen LogP contribution in [0.5, 0.6) is 0 Å². The molecule has 0 unspecified atom stereocenters. The quantitative estimate of drug-likeness (QED) is 0.469. The summed E-state index contributed by atoms with van der Waals surface area (Å²) in [5, 5.41) is 0. The van der Waals surface area contributed by atoms with E-state index in [0.717, 1.165) is 0 Å². The van der Waals surface area contributed by atoms with Crippen molar-refractivity contribution in [3.63, 3.8) is 0 Å². The average molecular weight is 184 g/mol. The van der Waals surface area contributed by atoms with E-state index in [4.69, 9.17) is 9.46 Å². The van der Waals surface area contributed by atoms with Crippen molar-refractivity contribution < 1.29 is 9.46 Å². The van der Waals surface area contributed by atoms with Crippen molar-refractivity contribution in [2.75, 3.05) is 0 Å². The molecule has 0 amide bonds. The van der Waals surface area contributed by atoms with E-state index < -0.39 is 8.69 Å². The standard InChI is InChI=1S/C7H7.Al.HO2P.2H/c1-7-5-3-2-4-6-7;;1-3-2;;/h2-5H,1H3;;(H,1,2);;. The van der Waals surface area contributed by atoms with Crippen LogP contribution in [0.15, 0.2) is 24.3 Å². The van der Waals surface area contributed by atoms with Gasteiger partial charge in [-0.25, -0.2) is 4.57 Å². The SMILES string of the molecule is Cc1cccc[c]1[AlH2].O=PO. The molecule has 11 heavy (non-hydrogen) atoms. The Morgan fingerprint density at radius 1 is 1.45 bits per heavy atom. The number of rotatable bonds is 0. The van der Waals surface area contributed by atoms with E-state index in [-0.39, 0.29) is 0 Å². The lowest BCUT2D eigenvalue weighted by atomic mass is 10.2. The highest BCUT2D eigenvalue weighted by molar-refractivity contribution is 7.16. The highest BCUT2D eigenvalue weighted by Gasteiger charge is 1.84. The van der Waals surface area contributed by atoms with Crippen LogP contribution in [0.1, 0.15) is 5.56 Å². The molecule has 0 aliphatic heterocycles. The molecule has 1 rings (SSSR count). The van der Waals surface area contributed by atoms with Crippen molar-refractivity contribution >= 4 is 29.4 Å². The molecule has 0 fully saturated rings. The molecule has 0 spiro atoms. The van der Waals surface area contributed by atoms with Crippen LogP contribution in [0, 0.1) is 6.92 Å². The van der Waals surface area contributed by atoms with Gasteiger partial charge in [-0.15, -0.1) is 4.43 Å². The summed E-state index contributed by atoms with van der Waals surface area (Å²) in [6.45, 7) is 2.16. The van der Waals surface area contributed by atoms with E-state index in [1.165, 1.54) is 26.3 Å². The number of hydrogen-bond donors (Lipinski definition) is 1. The van der Waals surface area contributed by atoms with Crippen LogP contribution in [-0.4, -0.2) is 21.2 Å². The Bertz CT molecular complexity index is 206. The van der Waals surface area contributed by atoms with Gasteiger partial charge in [0, 0.05) is 0 Å². The van der Waals surface area contributed by atoms with Crippen LogP contribution in [0.2, 0.25) is 0 Å². The van der Waals surface area contributed by atoms with Crippen LogP contribution in [0.3, 0.4) is 0 Å². The summed E-state index contributed by atoms with van der Waals surface area (Å²) in [7, 11) is -0.833. The molecule has 0 aliphatic rings. The third-order valence-corrected chi connectivity index (χ3v) is 2.55. The van der Waals surface area contributed by atoms with Gasteiger partial charge in [0.25, 0.3) is 16.3 Å². The maximum absolute atomic E-state index is 8.46. The lowest BCUT2D eigenvalue weighted by molar-refractivity contribution is 0.524. The lowest BCUT2D eigenvalue weighted by Gasteiger charge is -1.94. The predicted octanol–water partition coefficient (Wildman–Crippen LogP) is 0.439. The Kier molecular flexibility index (Phi) is 6.41. The zero-order chi connectivity index (χ0) is 8.69. The summed E-state index contributed by atoms with van der Waals surface area (Å²) in [5.41, 5.74) is 1.43. The van der Waals surface area contributed by atoms with E-state index in [1.807, 2.05) is 0 Å². The Morgan fingerprint density at radius 2 is 1.91 bits per heavy atom. The summed E-state index contributed by atoms with van der Waals surface area (Å²) in [4.78, 5) is 6.99. The highest BCUT2D eigenvalue weighted by Crippen LogP contribution is 1.88. The minimum atomic E-state index is -0.833. The van der Waals surface area contributed by atoms with Crippen molar-refractivity contribution in [3.8, 4) is 0 Å². The third-order valence-electron chi connectivity index (χ3n) is 1.43. The van der Waals surface area contributed by atoms with Crippen LogP contribution in [-0.2, 0) is 4.57 Å². The van der Waals surface area contributed by atoms with Gasteiger partial charge in [-0.3, -0.25) is 0 Å². The fraction of sp³-hybridized carbons (Fsp3) is 0.143. The molecule has 0 bridgehead atoms. The Morgan fingerprint density at radius 3 is 2.18 bits per heavy atom. The Hall–Kier alpha value is -0.188. The lowest BCUT2D eigenvalue weighted by Crippen LogP contribution is -2.04. The van der Waals surface area contributed by atoms with Crippen LogP contribution in [0.4, 0.5) is 0 Å². The molecule has 2 nitrogen and oxygen atoms in total. The first kappa shape index (κ1) is 10.8. The molecule has 1 aromatic rings. The van der Waals surface area contributed by atoms with Crippen molar-refractivity contribution in [1.82, 2.24) is 0 Å². The second-order valence-electron chi connectivity index (χ2n) is 2.17. The van der Waals surface area contributed by atoms with E-state index in [9.17, 15) is 0 Å². The highest BCUT2D eigenvalue weighted by atomic mass is 31.1. The molecule has 0 heterocycles. The average Bonchev–Trinajstić information content (AvgIpc) is 1.97. The largest absolute Gasteiger partial charge is 0.324 e. The topological polar surface area (TPSA) is 37.3 Å². The van der Waals surface area contributed by atoms with Gasteiger partial charge in [-0.1, -0.05) is 29.8 Å². The summed E-state index contributed by atoms with van der Waals surface area (Å²) in [6, 6.07) is 8.51. The molecular weight excluding hydrogens is 174 g/mol. The summed E-state index contributed by atoms with van der Waals surface area (Å²) >= 11 is 1.18. The van der Waals surface area contributed by atoms with E-state index in [2.05, 4.69) is 31.2 Å². The fourth-order valence-corrected chi connectivity index (χ4v) is 1.02. The van der Waals surface area contributed by atoms with Crippen LogP contribution in [0.25, 0.3) is 0 Å². The van der Waals surface area contributed by atoms with Gasteiger partial charge in [0.15, 0.2) is 0 Å². The van der Waals surface area contributed by atoms with E-state index in [1.54, 1.807) is 0 Å². The van der Waals surface area contributed by atoms with Gasteiger partial charge >= 0.3 is 8.69 Å². The van der Waals surface area contributed by atoms with Crippen molar-refractivity contribution in [1.29, 1.82) is 0 Å². The molecule has 1 N–H and O–H groups in total. The first-order valence-electron chi connectivity index (χ1n) is 3.21. The number of benzene rings is 1. The van der Waals surface area contributed by atoms with Crippen molar-refractivity contribution in [2.45, 2.75) is 6.92 Å². The molecule has 58 valence electrons. The minimum absolute atomic E-state index is 0.833. The minimum Gasteiger partial charge on any atom is -0.310 e. The molecule has 4 heteroatoms. The monoisotopic (exact) mass is 184 g/mol. The van der Waals surface area contributed by atoms with Gasteiger partial charge in [-0.2, -0.15) is 0 Å². The molecule has 0 atom stereocenters. The summed E-state index contributed by atoms with van der Waals surface area (Å²) in [6.07, 6.45) is 0. The van der Waals surface area contributed by atoms with Gasteiger partial charge in [-0.05, 0) is 6.92 Å². The first-order chi connectivity index (χ1) is 5.22. The molecule has 0 radical (unpaired) electrons. The van der Waals surface area contributed by atoms with Gasteiger partial charge in [0.2, 0.25) is 0 Å². The predicted molar refractivity (Wildman–Crippen MR) is 49.2 cm³/mol. The molecule has 1 aromatic carbocycles. The molecule has 0 aliphatic carbocycles. The van der Waals surface area contributed by atoms with Crippen molar-refractivity contribution in [3.05, 3.63) is 29.8 Å². The number of hydrogen-bond acceptors (Lipinski definition) is 1. The third kappa shape index (κ3) is 5.12. The van der Waals surface area contributed by atoms with Gasteiger partial charge in [0.05, 0.1) is 0 Å². The molecule has 0 saturated heterocycles. The summed E-state index contributed by atoms with van der Waals surface area (Å²) in [5.74, 6) is 0. The zero-order valence-electron chi connectivity index (χ0n) is 6.61. The molecule has 0 saturated carbocycles. The Balaban J connectivity index is 0.000000292. The molecule has 0 aromatic heterocycles. The fourth-order valence-electron chi connectivity index (χ4n) is 0.663. The Labute approximate surface area is 76.0 Å². The van der Waals surface area contributed by atoms with Crippen molar-refractivity contribution in [2.24, 2.45) is 0 Å². The normalized spacial score (nSPS) is 8.55. The maximum atomic E-state index is 8.46. The van der Waals surface area contributed by atoms with Gasteiger partial charge < -0.3 is 4.89 Å². The molecular formula is C7H10AlO2P. The van der Waals surface area contributed by atoms with E-state index >= 15 is 0 Å². The summed E-state index contributed by atoms with van der Waals surface area (Å²) < 4.78 is 9.97. The number of aryl methyl sites for hydroxylation is 1. The first-order valence-corrected chi connectivity index (χ1v) is 4.98. The van der Waals surface area contributed by atoms with Gasteiger partial charge in [0.1, 0.15) is 0 Å². The second kappa shape index (κ2) is 6.52. The van der Waals surface area contributed by atoms with Crippen LogP contribution >= 0.6 is 8.69 Å². The van der Waals surface area contributed by atoms with Crippen LogP contribution < -0.4 is 4.43 Å².